The Morgan fingerprint density at radius 3 is 2.68 bits per heavy atom. The van der Waals surface area contributed by atoms with Crippen molar-refractivity contribution in [1.29, 1.82) is 5.26 Å². The molecule has 2 aromatic carbocycles. The van der Waals surface area contributed by atoms with Crippen LogP contribution in [0.3, 0.4) is 0 Å². The molecular formula is C25H23F3N4O2. The van der Waals surface area contributed by atoms with E-state index in [1.807, 2.05) is 25.1 Å². The zero-order chi connectivity index (χ0) is 24.3. The van der Waals surface area contributed by atoms with Gasteiger partial charge in [0.25, 0.3) is 0 Å². The number of hydrogen-bond donors (Lipinski definition) is 1. The number of carbonyl (C=O) groups is 1. The second kappa shape index (κ2) is 9.59. The fourth-order valence-corrected chi connectivity index (χ4v) is 4.22. The number of aromatic nitrogens is 1. The molecule has 1 N–H and O–H groups in total. The summed E-state index contributed by atoms with van der Waals surface area (Å²) >= 11 is 0. The summed E-state index contributed by atoms with van der Waals surface area (Å²) in [5.74, 6) is 0.0320. The molecular weight excluding hydrogens is 445 g/mol. The molecule has 1 amide bonds. The molecule has 0 saturated carbocycles. The Bertz CT molecular complexity index is 1250. The van der Waals surface area contributed by atoms with E-state index < -0.39 is 11.7 Å². The first-order valence-electron chi connectivity index (χ1n) is 11.0. The number of anilines is 2. The Morgan fingerprint density at radius 1 is 1.24 bits per heavy atom. The summed E-state index contributed by atoms with van der Waals surface area (Å²) in [6.07, 6.45) is -1.92. The lowest BCUT2D eigenvalue weighted by molar-refractivity contribution is -0.137. The highest BCUT2D eigenvalue weighted by Gasteiger charge is 2.31. The van der Waals surface area contributed by atoms with Gasteiger partial charge in [-0.05, 0) is 56.2 Å². The Kier molecular flexibility index (Phi) is 6.59. The van der Waals surface area contributed by atoms with Crippen molar-refractivity contribution in [3.63, 3.8) is 0 Å². The first-order chi connectivity index (χ1) is 16.3. The van der Waals surface area contributed by atoms with Gasteiger partial charge in [0.1, 0.15) is 11.8 Å². The van der Waals surface area contributed by atoms with Gasteiger partial charge >= 0.3 is 6.18 Å². The van der Waals surface area contributed by atoms with Crippen LogP contribution in [-0.4, -0.2) is 30.6 Å². The fourth-order valence-electron chi connectivity index (χ4n) is 4.22. The number of carbonyl (C=O) groups excluding carboxylic acids is 1. The second-order valence-corrected chi connectivity index (χ2v) is 8.07. The van der Waals surface area contributed by atoms with Crippen molar-refractivity contribution < 1.29 is 22.7 Å². The van der Waals surface area contributed by atoms with Crippen LogP contribution in [0.5, 0.6) is 5.75 Å². The number of amides is 1. The van der Waals surface area contributed by atoms with E-state index in [9.17, 15) is 23.2 Å². The molecule has 0 spiro atoms. The smallest absolute Gasteiger partial charge is 0.416 e. The van der Waals surface area contributed by atoms with Crippen LogP contribution in [0.1, 0.15) is 30.9 Å². The molecule has 0 radical (unpaired) electrons. The largest absolute Gasteiger partial charge is 0.494 e. The van der Waals surface area contributed by atoms with E-state index in [2.05, 4.69) is 21.3 Å². The summed E-state index contributed by atoms with van der Waals surface area (Å²) in [7, 11) is 0. The number of alkyl halides is 3. The molecule has 1 aliphatic heterocycles. The lowest BCUT2D eigenvalue weighted by Gasteiger charge is -2.34. The zero-order valence-corrected chi connectivity index (χ0v) is 18.5. The molecule has 0 unspecified atom stereocenters. The van der Waals surface area contributed by atoms with E-state index in [1.54, 1.807) is 6.20 Å². The van der Waals surface area contributed by atoms with Crippen LogP contribution in [0.15, 0.2) is 48.7 Å². The summed E-state index contributed by atoms with van der Waals surface area (Å²) in [5, 5.41) is 13.1. The van der Waals surface area contributed by atoms with Gasteiger partial charge in [-0.1, -0.05) is 6.07 Å². The number of fused-ring (bicyclic) bond motifs is 1. The van der Waals surface area contributed by atoms with Crippen LogP contribution < -0.4 is 15.0 Å². The molecule has 9 heteroatoms. The number of hydrogen-bond acceptors (Lipinski definition) is 5. The summed E-state index contributed by atoms with van der Waals surface area (Å²) in [6.45, 7) is 3.45. The molecule has 1 aliphatic rings. The number of nitriles is 1. The van der Waals surface area contributed by atoms with Crippen molar-refractivity contribution in [2.75, 3.05) is 29.9 Å². The van der Waals surface area contributed by atoms with E-state index in [4.69, 9.17) is 4.74 Å². The van der Waals surface area contributed by atoms with E-state index in [1.165, 1.54) is 12.1 Å². The number of nitrogens with one attached hydrogen (secondary N) is 1. The Labute approximate surface area is 195 Å². The molecule has 0 atom stereocenters. The molecule has 1 saturated heterocycles. The van der Waals surface area contributed by atoms with Crippen molar-refractivity contribution >= 4 is 28.2 Å². The van der Waals surface area contributed by atoms with Crippen molar-refractivity contribution in [2.24, 2.45) is 5.92 Å². The van der Waals surface area contributed by atoms with Gasteiger partial charge in [0.2, 0.25) is 5.91 Å². The van der Waals surface area contributed by atoms with E-state index in [0.29, 0.717) is 43.9 Å². The molecule has 3 aromatic rings. The molecule has 1 aromatic heterocycles. The lowest BCUT2D eigenvalue weighted by atomic mass is 9.94. The lowest BCUT2D eigenvalue weighted by Crippen LogP contribution is -2.38. The van der Waals surface area contributed by atoms with Gasteiger partial charge < -0.3 is 15.0 Å². The quantitative estimate of drug-likeness (QED) is 0.544. The highest BCUT2D eigenvalue weighted by molar-refractivity contribution is 5.96. The molecule has 176 valence electrons. The summed E-state index contributed by atoms with van der Waals surface area (Å²) in [5.41, 5.74) is 1.25. The topological polar surface area (TPSA) is 78.2 Å². The van der Waals surface area contributed by atoms with Crippen LogP contribution >= 0.6 is 0 Å². The maximum atomic E-state index is 13.0. The maximum Gasteiger partial charge on any atom is 0.416 e. The highest BCUT2D eigenvalue weighted by Crippen LogP contribution is 2.35. The molecule has 1 fully saturated rings. The second-order valence-electron chi connectivity index (χ2n) is 8.07. The van der Waals surface area contributed by atoms with Crippen LogP contribution in [0, 0.1) is 17.2 Å². The molecule has 6 nitrogen and oxygen atoms in total. The van der Waals surface area contributed by atoms with Crippen LogP contribution in [0.4, 0.5) is 24.5 Å². The third kappa shape index (κ3) is 4.91. The number of pyridine rings is 1. The number of benzene rings is 2. The van der Waals surface area contributed by atoms with Gasteiger partial charge in [-0.2, -0.15) is 18.4 Å². The van der Waals surface area contributed by atoms with Gasteiger partial charge in [-0.3, -0.25) is 9.78 Å². The predicted molar refractivity (Wildman–Crippen MR) is 123 cm³/mol. The molecule has 34 heavy (non-hydrogen) atoms. The Morgan fingerprint density at radius 2 is 2.00 bits per heavy atom. The number of rotatable bonds is 5. The van der Waals surface area contributed by atoms with E-state index in [0.717, 1.165) is 28.7 Å². The van der Waals surface area contributed by atoms with Gasteiger partial charge in [0.15, 0.2) is 0 Å². The highest BCUT2D eigenvalue weighted by atomic mass is 19.4. The Balaban J connectivity index is 1.50. The fraction of sp³-hybridized carbons (Fsp3) is 0.320. The number of halogens is 3. The average Bonchev–Trinajstić information content (AvgIpc) is 2.83. The summed E-state index contributed by atoms with van der Waals surface area (Å²) in [6, 6.07) is 12.4. The van der Waals surface area contributed by atoms with Gasteiger partial charge in [0, 0.05) is 36.3 Å². The first-order valence-corrected chi connectivity index (χ1v) is 11.0. The predicted octanol–water partition coefficient (Wildman–Crippen LogP) is 5.38. The first kappa shape index (κ1) is 23.4. The molecule has 0 aliphatic carbocycles. The minimum absolute atomic E-state index is 0.123. The summed E-state index contributed by atoms with van der Waals surface area (Å²) in [4.78, 5) is 19.2. The maximum absolute atomic E-state index is 13.0. The van der Waals surface area contributed by atoms with Crippen molar-refractivity contribution in [3.8, 4) is 11.8 Å². The molecule has 2 heterocycles. The molecule has 4 rings (SSSR count). The summed E-state index contributed by atoms with van der Waals surface area (Å²) < 4.78 is 44.5. The monoisotopic (exact) mass is 468 g/mol. The zero-order valence-electron chi connectivity index (χ0n) is 18.5. The average molecular weight is 468 g/mol. The standard InChI is InChI=1S/C25H23F3N4O2/c1-2-34-20-6-7-22-21(13-20)23(17(14-29)15-30-22)32-10-8-16(9-11-32)24(33)31-19-5-3-4-18(12-19)25(26,27)28/h3-7,12-13,15-16H,2,8-11H2,1H3,(H,31,33). The number of piperidine rings is 1. The SMILES string of the molecule is CCOc1ccc2ncc(C#N)c(N3CCC(C(=O)Nc4cccc(C(F)(F)F)c4)CC3)c2c1. The van der Waals surface area contributed by atoms with Crippen LogP contribution in [0.25, 0.3) is 10.9 Å². The van der Waals surface area contributed by atoms with Crippen LogP contribution in [-0.2, 0) is 11.0 Å². The van der Waals surface area contributed by atoms with E-state index in [-0.39, 0.29) is 17.5 Å². The third-order valence-corrected chi connectivity index (χ3v) is 5.88. The normalized spacial score (nSPS) is 14.6. The van der Waals surface area contributed by atoms with Crippen molar-refractivity contribution in [2.45, 2.75) is 25.9 Å². The number of nitrogens with zero attached hydrogens (tertiary/aromatic N) is 3. The van der Waals surface area contributed by atoms with Crippen molar-refractivity contribution in [1.82, 2.24) is 4.98 Å². The molecule has 0 bridgehead atoms. The van der Waals surface area contributed by atoms with Gasteiger partial charge in [-0.15, -0.1) is 0 Å². The minimum Gasteiger partial charge on any atom is -0.494 e. The Hall–Kier alpha value is -3.80. The van der Waals surface area contributed by atoms with Crippen molar-refractivity contribution in [3.05, 3.63) is 59.8 Å². The third-order valence-electron chi connectivity index (χ3n) is 5.88. The van der Waals surface area contributed by atoms with Gasteiger partial charge in [-0.25, -0.2) is 0 Å². The minimum atomic E-state index is -4.47. The number of ether oxygens (including phenoxy) is 1. The van der Waals surface area contributed by atoms with Crippen LogP contribution in [0.2, 0.25) is 0 Å². The van der Waals surface area contributed by atoms with Gasteiger partial charge in [0.05, 0.1) is 28.9 Å². The van der Waals surface area contributed by atoms with E-state index >= 15 is 0 Å².